The third-order valence-corrected chi connectivity index (χ3v) is 5.66. The summed E-state index contributed by atoms with van der Waals surface area (Å²) in [5.74, 6) is 3.31. The first-order chi connectivity index (χ1) is 10.3. The van der Waals surface area contributed by atoms with Gasteiger partial charge in [-0.1, -0.05) is 26.3 Å². The molecule has 1 N–H and O–H groups in total. The molecule has 4 unspecified atom stereocenters. The topological polar surface area (TPSA) is 24.9 Å². The Balaban J connectivity index is 1.73. The fourth-order valence-electron chi connectivity index (χ4n) is 4.56. The van der Waals surface area contributed by atoms with Gasteiger partial charge in [-0.15, -0.1) is 0 Å². The van der Waals surface area contributed by atoms with Crippen LogP contribution in [0, 0.1) is 17.8 Å². The summed E-state index contributed by atoms with van der Waals surface area (Å²) in [6.45, 7) is 7.07. The van der Waals surface area contributed by atoms with Gasteiger partial charge in [-0.2, -0.15) is 0 Å². The number of aromatic nitrogens is 1. The van der Waals surface area contributed by atoms with Crippen LogP contribution in [0.4, 0.5) is 0 Å². The lowest BCUT2D eigenvalue weighted by molar-refractivity contribution is 0.154. The van der Waals surface area contributed by atoms with Gasteiger partial charge in [-0.25, -0.2) is 0 Å². The van der Waals surface area contributed by atoms with Gasteiger partial charge in [0.25, 0.3) is 0 Å². The van der Waals surface area contributed by atoms with Crippen molar-refractivity contribution in [3.63, 3.8) is 0 Å². The molecule has 0 spiro atoms. The molecule has 1 saturated carbocycles. The summed E-state index contributed by atoms with van der Waals surface area (Å²) in [6, 6.07) is 4.39. The van der Waals surface area contributed by atoms with E-state index in [9.17, 15) is 0 Å². The number of nitrogens with zero attached hydrogens (tertiary/aromatic N) is 1. The van der Waals surface area contributed by atoms with Crippen LogP contribution in [-0.4, -0.2) is 18.1 Å². The fourth-order valence-corrected chi connectivity index (χ4v) is 4.56. The molecule has 2 heteroatoms. The van der Waals surface area contributed by atoms with Gasteiger partial charge in [0, 0.05) is 17.8 Å². The van der Waals surface area contributed by atoms with E-state index < -0.39 is 0 Å². The zero-order chi connectivity index (χ0) is 14.7. The van der Waals surface area contributed by atoms with E-state index >= 15 is 0 Å². The Bertz CT molecular complexity index is 457. The Kier molecular flexibility index (Phi) is 4.95. The minimum atomic E-state index is 0.720. The van der Waals surface area contributed by atoms with Crippen molar-refractivity contribution in [3.05, 3.63) is 29.6 Å². The van der Waals surface area contributed by atoms with E-state index in [1.165, 1.54) is 56.3 Å². The van der Waals surface area contributed by atoms with Crippen LogP contribution in [0.5, 0.6) is 0 Å². The fraction of sp³-hybridized carbons (Fsp3) is 0.737. The van der Waals surface area contributed by atoms with Crippen LogP contribution in [0.2, 0.25) is 0 Å². The van der Waals surface area contributed by atoms with Crippen LogP contribution in [0.1, 0.15) is 63.1 Å². The predicted molar refractivity (Wildman–Crippen MR) is 88.5 cm³/mol. The molecule has 0 aliphatic heterocycles. The number of fused-ring (bicyclic) bond motifs is 1. The number of hydrogen-bond donors (Lipinski definition) is 1. The highest BCUT2D eigenvalue weighted by Gasteiger charge is 2.38. The van der Waals surface area contributed by atoms with Gasteiger partial charge in [-0.3, -0.25) is 4.98 Å². The number of nitrogens with one attached hydrogen (secondary N) is 1. The first-order valence-corrected chi connectivity index (χ1v) is 8.94. The molecule has 3 rings (SSSR count). The molecule has 1 fully saturated rings. The molecule has 21 heavy (non-hydrogen) atoms. The maximum atomic E-state index is 4.75. The van der Waals surface area contributed by atoms with E-state index in [-0.39, 0.29) is 0 Å². The molecule has 0 aromatic carbocycles. The minimum absolute atomic E-state index is 0.720. The number of pyridine rings is 1. The van der Waals surface area contributed by atoms with E-state index in [1.54, 1.807) is 0 Å². The highest BCUT2D eigenvalue weighted by molar-refractivity contribution is 5.29. The molecular weight excluding hydrogens is 256 g/mol. The lowest BCUT2D eigenvalue weighted by atomic mass is 9.68. The monoisotopic (exact) mass is 286 g/mol. The number of aryl methyl sites for hydroxylation is 1. The number of rotatable bonds is 5. The largest absolute Gasteiger partial charge is 0.316 e. The summed E-state index contributed by atoms with van der Waals surface area (Å²) >= 11 is 0. The molecular formula is C19H30N2. The minimum Gasteiger partial charge on any atom is -0.316 e. The van der Waals surface area contributed by atoms with Crippen molar-refractivity contribution in [2.45, 2.75) is 58.3 Å². The van der Waals surface area contributed by atoms with Crippen LogP contribution < -0.4 is 5.32 Å². The molecule has 1 aromatic rings. The number of hydrogen-bond acceptors (Lipinski definition) is 2. The first kappa shape index (κ1) is 15.0. The predicted octanol–water partition coefficient (Wildman–Crippen LogP) is 4.16. The average molecular weight is 286 g/mol. The highest BCUT2D eigenvalue weighted by atomic mass is 14.9. The molecule has 0 amide bonds. The van der Waals surface area contributed by atoms with E-state index in [0.717, 1.165) is 30.2 Å². The van der Waals surface area contributed by atoms with Crippen molar-refractivity contribution in [1.29, 1.82) is 0 Å². The van der Waals surface area contributed by atoms with Gasteiger partial charge in [0.2, 0.25) is 0 Å². The standard InChI is InChI=1S/C19H30N2/c1-3-10-20-13-16-7-6-14(2)12-18(16)17-9-8-15-5-4-11-21-19(15)17/h4-5,11,14,16-18,20H,3,6-10,12-13H2,1-2H3. The maximum Gasteiger partial charge on any atom is 0.0469 e. The first-order valence-electron chi connectivity index (χ1n) is 8.94. The van der Waals surface area contributed by atoms with Crippen molar-refractivity contribution >= 4 is 0 Å². The van der Waals surface area contributed by atoms with Crippen molar-refractivity contribution in [2.75, 3.05) is 13.1 Å². The molecule has 0 radical (unpaired) electrons. The summed E-state index contributed by atoms with van der Waals surface area (Å²) in [5.41, 5.74) is 2.94. The van der Waals surface area contributed by atoms with Gasteiger partial charge < -0.3 is 5.32 Å². The van der Waals surface area contributed by atoms with E-state index in [2.05, 4.69) is 31.3 Å². The van der Waals surface area contributed by atoms with Gasteiger partial charge in [0.05, 0.1) is 0 Å². The van der Waals surface area contributed by atoms with Crippen molar-refractivity contribution in [1.82, 2.24) is 10.3 Å². The van der Waals surface area contributed by atoms with Gasteiger partial charge >= 0.3 is 0 Å². The third kappa shape index (κ3) is 3.31. The van der Waals surface area contributed by atoms with E-state index in [0.29, 0.717) is 0 Å². The van der Waals surface area contributed by atoms with Crippen LogP contribution in [0.3, 0.4) is 0 Å². The molecule has 2 aliphatic carbocycles. The van der Waals surface area contributed by atoms with Crippen LogP contribution in [0.25, 0.3) is 0 Å². The molecule has 2 aliphatic rings. The quantitative estimate of drug-likeness (QED) is 0.822. The van der Waals surface area contributed by atoms with E-state index in [1.807, 2.05) is 6.20 Å². The Morgan fingerprint density at radius 3 is 3.05 bits per heavy atom. The van der Waals surface area contributed by atoms with Gasteiger partial charge in [-0.05, 0) is 74.6 Å². The average Bonchev–Trinajstić information content (AvgIpc) is 2.93. The molecule has 0 bridgehead atoms. The highest BCUT2D eigenvalue weighted by Crippen LogP contribution is 2.46. The van der Waals surface area contributed by atoms with Gasteiger partial charge in [0.1, 0.15) is 0 Å². The van der Waals surface area contributed by atoms with Crippen molar-refractivity contribution < 1.29 is 0 Å². The SMILES string of the molecule is CCCNCC1CCC(C)CC1C1CCc2cccnc21. The van der Waals surface area contributed by atoms with Crippen molar-refractivity contribution in [2.24, 2.45) is 17.8 Å². The normalized spacial score (nSPS) is 32.1. The van der Waals surface area contributed by atoms with Crippen LogP contribution >= 0.6 is 0 Å². The Labute approximate surface area is 129 Å². The second kappa shape index (κ2) is 6.91. The van der Waals surface area contributed by atoms with E-state index in [4.69, 9.17) is 4.98 Å². The Morgan fingerprint density at radius 2 is 2.19 bits per heavy atom. The van der Waals surface area contributed by atoms with Crippen LogP contribution in [0.15, 0.2) is 18.3 Å². The maximum absolute atomic E-state index is 4.75. The zero-order valence-corrected chi connectivity index (χ0v) is 13.6. The van der Waals surface area contributed by atoms with Crippen molar-refractivity contribution in [3.8, 4) is 0 Å². The summed E-state index contributed by atoms with van der Waals surface area (Å²) in [7, 11) is 0. The second-order valence-electron chi connectivity index (χ2n) is 7.24. The third-order valence-electron chi connectivity index (χ3n) is 5.66. The molecule has 1 heterocycles. The lowest BCUT2D eigenvalue weighted by Crippen LogP contribution is -2.35. The molecule has 4 atom stereocenters. The smallest absolute Gasteiger partial charge is 0.0469 e. The Hall–Kier alpha value is -0.890. The summed E-state index contributed by atoms with van der Waals surface area (Å²) in [5, 5.41) is 3.68. The van der Waals surface area contributed by atoms with Crippen LogP contribution in [-0.2, 0) is 6.42 Å². The van der Waals surface area contributed by atoms with Gasteiger partial charge in [0.15, 0.2) is 0 Å². The summed E-state index contributed by atoms with van der Waals surface area (Å²) in [4.78, 5) is 4.75. The Morgan fingerprint density at radius 1 is 1.29 bits per heavy atom. The molecule has 116 valence electrons. The molecule has 0 saturated heterocycles. The second-order valence-corrected chi connectivity index (χ2v) is 7.24. The molecule has 1 aromatic heterocycles. The summed E-state index contributed by atoms with van der Waals surface area (Å²) in [6.07, 6.45) is 10.0. The summed E-state index contributed by atoms with van der Waals surface area (Å²) < 4.78 is 0. The lowest BCUT2D eigenvalue weighted by Gasteiger charge is -2.38. The molecule has 2 nitrogen and oxygen atoms in total. The zero-order valence-electron chi connectivity index (χ0n) is 13.6.